The molecule has 4 heteroatoms. The lowest BCUT2D eigenvalue weighted by atomic mass is 10.3. The van der Waals surface area contributed by atoms with E-state index in [9.17, 15) is 0 Å². The van der Waals surface area contributed by atoms with Gasteiger partial charge in [0.05, 0.1) is 5.78 Å². The predicted molar refractivity (Wildman–Crippen MR) is 79.2 cm³/mol. The Bertz CT molecular complexity index is 454. The van der Waals surface area contributed by atoms with Crippen molar-refractivity contribution < 1.29 is 0 Å². The first kappa shape index (κ1) is 12.5. The van der Waals surface area contributed by atoms with Gasteiger partial charge in [-0.05, 0) is 33.0 Å². The maximum absolute atomic E-state index is 4.66. The van der Waals surface area contributed by atoms with Crippen LogP contribution in [-0.2, 0) is 0 Å². The zero-order chi connectivity index (χ0) is 12.1. The highest BCUT2D eigenvalue weighted by atomic mass is 32.2. The summed E-state index contributed by atoms with van der Waals surface area (Å²) in [4.78, 5) is 8.73. The Morgan fingerprint density at radius 2 is 2.41 bits per heavy atom. The van der Waals surface area contributed by atoms with Gasteiger partial charge in [-0.1, -0.05) is 18.2 Å². The summed E-state index contributed by atoms with van der Waals surface area (Å²) in [5.74, 6) is 0.303. The molecule has 2 rings (SSSR count). The fraction of sp³-hybridized carbons (Fsp3) is 0.231. The zero-order valence-corrected chi connectivity index (χ0v) is 11.7. The first-order valence-electron chi connectivity index (χ1n) is 5.40. The van der Waals surface area contributed by atoms with E-state index in [-0.39, 0.29) is 7.92 Å². The molecule has 2 atom stereocenters. The molecule has 17 heavy (non-hydrogen) atoms. The van der Waals surface area contributed by atoms with E-state index < -0.39 is 0 Å². The molecule has 0 aliphatic carbocycles. The van der Waals surface area contributed by atoms with E-state index in [0.29, 0.717) is 5.78 Å². The quantitative estimate of drug-likeness (QED) is 0.613. The summed E-state index contributed by atoms with van der Waals surface area (Å²) < 4.78 is 1.45. The minimum atomic E-state index is -0.196. The second-order valence-corrected chi connectivity index (χ2v) is 7.07. The molecule has 1 aliphatic rings. The average Bonchev–Trinajstić information content (AvgIpc) is 2.39. The van der Waals surface area contributed by atoms with E-state index in [1.807, 2.05) is 36.3 Å². The van der Waals surface area contributed by atoms with Crippen LogP contribution in [0.4, 0.5) is 0 Å². The summed E-state index contributed by atoms with van der Waals surface area (Å²) in [6, 6.07) is 3.95. The topological polar surface area (TPSA) is 25.2 Å². The van der Waals surface area contributed by atoms with Gasteiger partial charge >= 0.3 is 0 Å². The van der Waals surface area contributed by atoms with Crippen LogP contribution in [0, 0.1) is 0 Å². The third-order valence-electron chi connectivity index (χ3n) is 2.54. The molecular weight excluding hydrogens is 247 g/mol. The van der Waals surface area contributed by atoms with Crippen LogP contribution in [0.3, 0.4) is 0 Å². The Morgan fingerprint density at radius 1 is 1.53 bits per heavy atom. The minimum absolute atomic E-state index is 0.196. The van der Waals surface area contributed by atoms with E-state index in [0.717, 1.165) is 5.56 Å². The molecular formula is C13H15N2PS. The van der Waals surface area contributed by atoms with Crippen LogP contribution in [0.25, 0.3) is 0 Å². The molecule has 0 amide bonds. The lowest BCUT2D eigenvalue weighted by Crippen LogP contribution is -2.02. The number of allylic oxidation sites excluding steroid dienone is 2. The summed E-state index contributed by atoms with van der Waals surface area (Å²) in [7, 11) is -0.196. The lowest BCUT2D eigenvalue weighted by Gasteiger charge is -2.22. The third-order valence-corrected chi connectivity index (χ3v) is 6.45. The second-order valence-electron chi connectivity index (χ2n) is 3.68. The molecule has 1 aliphatic heterocycles. The Labute approximate surface area is 108 Å². The summed E-state index contributed by atoms with van der Waals surface area (Å²) >= 11 is 1.83. The molecule has 0 saturated carbocycles. The maximum Gasteiger partial charge on any atom is 0.0918 e. The van der Waals surface area contributed by atoms with Gasteiger partial charge in [0.2, 0.25) is 0 Å². The molecule has 0 radical (unpaired) electrons. The number of aromatic nitrogens is 1. The molecule has 2 heterocycles. The van der Waals surface area contributed by atoms with Gasteiger partial charge in [-0.3, -0.25) is 9.98 Å². The number of nitrogens with zero attached hydrogens (tertiary/aromatic N) is 2. The standard InChI is InChI=1S/C13H15N2PS/c1-16-12(6-3-7-13(16)17-2)15-10-11-5-4-8-14-9-11/h3-10,12H,1-2H3/b15-10+/t12-,16-/m0/s1. The van der Waals surface area contributed by atoms with Gasteiger partial charge < -0.3 is 0 Å². The van der Waals surface area contributed by atoms with Crippen LogP contribution in [-0.4, -0.2) is 29.9 Å². The SMILES string of the molecule is CSC1=CC=C[C@@H](/N=C/c2cccnc2)[P@]1C. The number of aliphatic imine (C=N–C) groups is 1. The molecule has 0 N–H and O–H groups in total. The van der Waals surface area contributed by atoms with Gasteiger partial charge in [0.15, 0.2) is 0 Å². The van der Waals surface area contributed by atoms with Crippen LogP contribution in [0.15, 0.2) is 52.4 Å². The van der Waals surface area contributed by atoms with Crippen LogP contribution < -0.4 is 0 Å². The smallest absolute Gasteiger partial charge is 0.0918 e. The van der Waals surface area contributed by atoms with Gasteiger partial charge in [0, 0.05) is 28.8 Å². The van der Waals surface area contributed by atoms with Crippen molar-refractivity contribution in [3.63, 3.8) is 0 Å². The molecule has 0 bridgehead atoms. The highest BCUT2D eigenvalue weighted by Crippen LogP contribution is 2.53. The molecule has 0 fully saturated rings. The summed E-state index contributed by atoms with van der Waals surface area (Å²) in [6.07, 6.45) is 14.2. The van der Waals surface area contributed by atoms with Crippen molar-refractivity contribution in [2.24, 2.45) is 4.99 Å². The van der Waals surface area contributed by atoms with Crippen molar-refractivity contribution in [1.29, 1.82) is 0 Å². The first-order chi connectivity index (χ1) is 8.31. The average molecular weight is 262 g/mol. The molecule has 1 aromatic heterocycles. The molecule has 0 unspecified atom stereocenters. The molecule has 0 aromatic carbocycles. The molecule has 0 saturated heterocycles. The van der Waals surface area contributed by atoms with Gasteiger partial charge in [0.25, 0.3) is 0 Å². The van der Waals surface area contributed by atoms with E-state index in [1.165, 1.54) is 4.65 Å². The van der Waals surface area contributed by atoms with Crippen molar-refractivity contribution in [2.45, 2.75) is 5.78 Å². The molecule has 88 valence electrons. The second kappa shape index (κ2) is 6.13. The first-order valence-corrected chi connectivity index (χ1v) is 8.48. The number of rotatable bonds is 3. The molecule has 1 aromatic rings. The van der Waals surface area contributed by atoms with Crippen LogP contribution in [0.5, 0.6) is 0 Å². The normalized spacial score (nSPS) is 24.0. The van der Waals surface area contributed by atoms with Gasteiger partial charge in [-0.2, -0.15) is 0 Å². The van der Waals surface area contributed by atoms with Crippen LogP contribution in [0.1, 0.15) is 5.56 Å². The fourth-order valence-electron chi connectivity index (χ4n) is 1.59. The Morgan fingerprint density at radius 3 is 3.12 bits per heavy atom. The summed E-state index contributed by atoms with van der Waals surface area (Å²) in [6.45, 7) is 2.28. The van der Waals surface area contributed by atoms with Crippen molar-refractivity contribution in [2.75, 3.05) is 12.9 Å². The number of hydrogen-bond acceptors (Lipinski definition) is 3. The number of thioether (sulfide) groups is 1. The summed E-state index contributed by atoms with van der Waals surface area (Å²) in [5.41, 5.74) is 1.06. The van der Waals surface area contributed by atoms with Gasteiger partial charge in [-0.25, -0.2) is 0 Å². The van der Waals surface area contributed by atoms with Crippen LogP contribution in [0.2, 0.25) is 0 Å². The van der Waals surface area contributed by atoms with Crippen molar-refractivity contribution >= 4 is 25.9 Å². The predicted octanol–water partition coefficient (Wildman–Crippen LogP) is 3.71. The highest BCUT2D eigenvalue weighted by molar-refractivity contribution is 8.09. The van der Waals surface area contributed by atoms with E-state index in [1.54, 1.807) is 6.20 Å². The van der Waals surface area contributed by atoms with Crippen molar-refractivity contribution in [1.82, 2.24) is 4.98 Å². The highest BCUT2D eigenvalue weighted by Gasteiger charge is 2.18. The largest absolute Gasteiger partial charge is 0.280 e. The lowest BCUT2D eigenvalue weighted by molar-refractivity contribution is 1.14. The fourth-order valence-corrected chi connectivity index (χ4v) is 4.49. The minimum Gasteiger partial charge on any atom is -0.280 e. The molecule has 2 nitrogen and oxygen atoms in total. The molecule has 0 spiro atoms. The summed E-state index contributed by atoms with van der Waals surface area (Å²) in [5, 5.41) is 0. The van der Waals surface area contributed by atoms with Gasteiger partial charge in [0.1, 0.15) is 0 Å². The van der Waals surface area contributed by atoms with E-state index in [4.69, 9.17) is 0 Å². The number of pyridine rings is 1. The van der Waals surface area contributed by atoms with Crippen molar-refractivity contribution in [3.8, 4) is 0 Å². The van der Waals surface area contributed by atoms with Crippen molar-refractivity contribution in [3.05, 3.63) is 53.0 Å². The number of hydrogen-bond donors (Lipinski definition) is 0. The maximum atomic E-state index is 4.66. The Hall–Kier alpha value is -0.920. The Kier molecular flexibility index (Phi) is 4.52. The Balaban J connectivity index is 2.08. The third kappa shape index (κ3) is 3.27. The zero-order valence-electron chi connectivity index (χ0n) is 9.95. The van der Waals surface area contributed by atoms with Crippen LogP contribution >= 0.6 is 19.7 Å². The van der Waals surface area contributed by atoms with E-state index in [2.05, 4.69) is 41.1 Å². The van der Waals surface area contributed by atoms with E-state index >= 15 is 0 Å². The van der Waals surface area contributed by atoms with Gasteiger partial charge in [-0.15, -0.1) is 11.8 Å². The monoisotopic (exact) mass is 262 g/mol.